The van der Waals surface area contributed by atoms with Crippen molar-refractivity contribution >= 4 is 29.5 Å². The molecule has 0 aliphatic heterocycles. The van der Waals surface area contributed by atoms with Crippen LogP contribution in [0.4, 0.5) is 10.1 Å². The summed E-state index contributed by atoms with van der Waals surface area (Å²) in [5.41, 5.74) is 1.35. The highest BCUT2D eigenvalue weighted by atomic mass is 35.5. The number of hydrogen-bond donors (Lipinski definition) is 0. The quantitative estimate of drug-likeness (QED) is 0.291. The lowest BCUT2D eigenvalue weighted by Crippen LogP contribution is -2.09. The fraction of sp³-hybridized carbons (Fsp3) is 0. The van der Waals surface area contributed by atoms with Gasteiger partial charge in [0.25, 0.3) is 0 Å². The normalized spacial score (nSPS) is 10.8. The van der Waals surface area contributed by atoms with Gasteiger partial charge in [-0.1, -0.05) is 23.7 Å². The van der Waals surface area contributed by atoms with Gasteiger partial charge >= 0.3 is 5.97 Å². The number of ether oxygens (including phenoxy) is 1. The van der Waals surface area contributed by atoms with Crippen LogP contribution >= 0.6 is 11.6 Å². The molecule has 0 fully saturated rings. The maximum atomic E-state index is 12.9. The predicted molar refractivity (Wildman–Crippen MR) is 94.3 cm³/mol. The molecule has 6 heteroatoms. The van der Waals surface area contributed by atoms with E-state index in [9.17, 15) is 9.18 Å². The number of benzene rings is 2. The molecule has 0 atom stereocenters. The summed E-state index contributed by atoms with van der Waals surface area (Å²) in [4.78, 5) is 20.4. The number of carbonyl (C=O) groups is 1. The third-order valence-electron chi connectivity index (χ3n) is 3.28. The second kappa shape index (κ2) is 7.68. The molecule has 124 valence electrons. The molecule has 3 aromatic rings. The molecule has 1 aromatic heterocycles. The predicted octanol–water partition coefficient (Wildman–Crippen LogP) is 4.84. The van der Waals surface area contributed by atoms with E-state index >= 15 is 0 Å². The minimum Gasteiger partial charge on any atom is -0.422 e. The molecule has 0 aliphatic rings. The molecule has 4 nitrogen and oxygen atoms in total. The maximum Gasteiger partial charge on any atom is 0.343 e. The lowest BCUT2D eigenvalue weighted by Gasteiger charge is -2.07. The number of aromatic nitrogens is 1. The van der Waals surface area contributed by atoms with Crippen LogP contribution in [0.5, 0.6) is 5.75 Å². The molecular weight excluding hydrogens is 343 g/mol. The topological polar surface area (TPSA) is 51.5 Å². The fourth-order valence-electron chi connectivity index (χ4n) is 2.04. The maximum absolute atomic E-state index is 12.9. The van der Waals surface area contributed by atoms with Crippen molar-refractivity contribution in [1.29, 1.82) is 0 Å². The van der Waals surface area contributed by atoms with Crippen LogP contribution in [-0.4, -0.2) is 17.2 Å². The van der Waals surface area contributed by atoms with E-state index in [1.165, 1.54) is 30.5 Å². The molecule has 3 rings (SSSR count). The first-order valence-electron chi connectivity index (χ1n) is 7.35. The first kappa shape index (κ1) is 16.8. The van der Waals surface area contributed by atoms with E-state index in [-0.39, 0.29) is 10.7 Å². The van der Waals surface area contributed by atoms with Crippen LogP contribution in [0.25, 0.3) is 0 Å². The van der Waals surface area contributed by atoms with Crippen molar-refractivity contribution in [2.45, 2.75) is 0 Å². The van der Waals surface area contributed by atoms with E-state index in [2.05, 4.69) is 9.98 Å². The number of aliphatic imine (C=N–C) groups is 1. The molecule has 0 unspecified atom stereocenters. The fourth-order valence-corrected chi connectivity index (χ4v) is 2.21. The number of pyridine rings is 1. The number of hydrogen-bond acceptors (Lipinski definition) is 4. The zero-order valence-electron chi connectivity index (χ0n) is 12.9. The largest absolute Gasteiger partial charge is 0.422 e. The van der Waals surface area contributed by atoms with Gasteiger partial charge in [-0.25, -0.2) is 14.2 Å². The highest BCUT2D eigenvalue weighted by Crippen LogP contribution is 2.23. The summed E-state index contributed by atoms with van der Waals surface area (Å²) in [5, 5.41) is 0.277. The molecule has 0 radical (unpaired) electrons. The number of nitrogens with zero attached hydrogens (tertiary/aromatic N) is 2. The van der Waals surface area contributed by atoms with Gasteiger partial charge in [-0.2, -0.15) is 0 Å². The Morgan fingerprint density at radius 1 is 1.08 bits per heavy atom. The molecule has 1 heterocycles. The Morgan fingerprint density at radius 2 is 1.84 bits per heavy atom. The molecule has 25 heavy (non-hydrogen) atoms. The SMILES string of the molecule is O=C(Oc1ccccc1C=Nc1cccnc1Cl)c1ccc(F)cc1. The van der Waals surface area contributed by atoms with Crippen LogP contribution in [0.2, 0.25) is 5.15 Å². The highest BCUT2D eigenvalue weighted by molar-refractivity contribution is 6.31. The van der Waals surface area contributed by atoms with E-state index in [0.717, 1.165) is 0 Å². The van der Waals surface area contributed by atoms with E-state index in [1.54, 1.807) is 42.6 Å². The zero-order valence-corrected chi connectivity index (χ0v) is 13.7. The van der Waals surface area contributed by atoms with Crippen LogP contribution < -0.4 is 4.74 Å². The number of carbonyl (C=O) groups excluding carboxylic acids is 1. The van der Waals surface area contributed by atoms with Gasteiger partial charge in [0.2, 0.25) is 0 Å². The van der Waals surface area contributed by atoms with Crippen molar-refractivity contribution in [3.05, 3.63) is 89.0 Å². The minimum atomic E-state index is -0.583. The number of esters is 1. The second-order valence-corrected chi connectivity index (χ2v) is 5.36. The third-order valence-corrected chi connectivity index (χ3v) is 3.57. The van der Waals surface area contributed by atoms with Crippen molar-refractivity contribution < 1.29 is 13.9 Å². The van der Waals surface area contributed by atoms with Crippen molar-refractivity contribution in [3.63, 3.8) is 0 Å². The molecule has 0 aliphatic carbocycles. The third kappa shape index (κ3) is 4.28. The van der Waals surface area contributed by atoms with E-state index in [4.69, 9.17) is 16.3 Å². The van der Waals surface area contributed by atoms with Gasteiger partial charge < -0.3 is 4.74 Å². The molecule has 2 aromatic carbocycles. The van der Waals surface area contributed by atoms with Crippen molar-refractivity contribution in [2.75, 3.05) is 0 Å². The minimum absolute atomic E-state index is 0.253. The smallest absolute Gasteiger partial charge is 0.343 e. The molecule has 0 N–H and O–H groups in total. The lowest BCUT2D eigenvalue weighted by molar-refractivity contribution is 0.0734. The summed E-state index contributed by atoms with van der Waals surface area (Å²) in [6, 6.07) is 15.5. The van der Waals surface area contributed by atoms with E-state index in [0.29, 0.717) is 17.0 Å². The Balaban J connectivity index is 1.82. The Bertz CT molecular complexity index is 927. The summed E-state index contributed by atoms with van der Waals surface area (Å²) in [6.07, 6.45) is 3.11. The van der Waals surface area contributed by atoms with Gasteiger partial charge in [0, 0.05) is 18.0 Å². The summed E-state index contributed by atoms with van der Waals surface area (Å²) in [7, 11) is 0. The molecule has 0 spiro atoms. The number of rotatable bonds is 4. The van der Waals surface area contributed by atoms with Crippen molar-refractivity contribution in [1.82, 2.24) is 4.98 Å². The Kier molecular flexibility index (Phi) is 5.16. The Labute approximate surface area is 148 Å². The first-order chi connectivity index (χ1) is 12.1. The van der Waals surface area contributed by atoms with Crippen LogP contribution in [0.3, 0.4) is 0 Å². The zero-order chi connectivity index (χ0) is 17.6. The van der Waals surface area contributed by atoms with Crippen LogP contribution in [0.15, 0.2) is 71.9 Å². The molecular formula is C19H12ClFN2O2. The van der Waals surface area contributed by atoms with E-state index < -0.39 is 11.8 Å². The Hall–Kier alpha value is -3.05. The lowest BCUT2D eigenvalue weighted by atomic mass is 10.2. The van der Waals surface area contributed by atoms with Crippen LogP contribution in [0, 0.1) is 5.82 Å². The van der Waals surface area contributed by atoms with Gasteiger partial charge in [0.15, 0.2) is 5.15 Å². The number of para-hydroxylation sites is 1. The van der Waals surface area contributed by atoms with Crippen molar-refractivity contribution in [2.24, 2.45) is 4.99 Å². The average Bonchev–Trinajstić information content (AvgIpc) is 2.62. The molecule has 0 amide bonds. The Morgan fingerprint density at radius 3 is 2.60 bits per heavy atom. The summed E-state index contributed by atoms with van der Waals surface area (Å²) in [6.45, 7) is 0. The summed E-state index contributed by atoms with van der Waals surface area (Å²) in [5.74, 6) is -0.668. The van der Waals surface area contributed by atoms with Gasteiger partial charge in [-0.05, 0) is 48.5 Å². The molecule has 0 saturated heterocycles. The average molecular weight is 355 g/mol. The second-order valence-electron chi connectivity index (χ2n) is 5.01. The van der Waals surface area contributed by atoms with Gasteiger partial charge in [0.1, 0.15) is 17.3 Å². The van der Waals surface area contributed by atoms with Crippen LogP contribution in [0.1, 0.15) is 15.9 Å². The monoisotopic (exact) mass is 354 g/mol. The molecule has 0 saturated carbocycles. The van der Waals surface area contributed by atoms with Crippen LogP contribution in [-0.2, 0) is 0 Å². The highest BCUT2D eigenvalue weighted by Gasteiger charge is 2.11. The van der Waals surface area contributed by atoms with Gasteiger partial charge in [-0.15, -0.1) is 0 Å². The standard InChI is InChI=1S/C19H12ClFN2O2/c20-18-16(5-3-11-22-18)23-12-14-4-1-2-6-17(14)25-19(24)13-7-9-15(21)10-8-13/h1-12H. The summed E-state index contributed by atoms with van der Waals surface area (Å²) < 4.78 is 18.3. The van der Waals surface area contributed by atoms with Gasteiger partial charge in [-0.3, -0.25) is 4.99 Å². The molecule has 0 bridgehead atoms. The van der Waals surface area contributed by atoms with E-state index in [1.807, 2.05) is 0 Å². The van der Waals surface area contributed by atoms with Crippen molar-refractivity contribution in [3.8, 4) is 5.75 Å². The number of halogens is 2. The first-order valence-corrected chi connectivity index (χ1v) is 7.72. The van der Waals surface area contributed by atoms with Gasteiger partial charge in [0.05, 0.1) is 5.56 Å². The summed E-state index contributed by atoms with van der Waals surface area (Å²) >= 11 is 5.97.